The van der Waals surface area contributed by atoms with Crippen LogP contribution in [0.3, 0.4) is 0 Å². The number of rotatable bonds is 9. The number of anilines is 3. The van der Waals surface area contributed by atoms with Crippen LogP contribution in [0.1, 0.15) is 11.1 Å². The maximum atomic E-state index is 13.4. The first-order valence-corrected chi connectivity index (χ1v) is 15.4. The summed E-state index contributed by atoms with van der Waals surface area (Å²) in [4.78, 5) is 12.6. The first kappa shape index (κ1) is 30.9. The lowest BCUT2D eigenvalue weighted by molar-refractivity contribution is -0.137. The van der Waals surface area contributed by atoms with Crippen molar-refractivity contribution in [2.75, 3.05) is 20.9 Å². The Hall–Kier alpha value is -4.07. The van der Waals surface area contributed by atoms with Crippen LogP contribution in [-0.2, 0) is 31.0 Å². The quantitative estimate of drug-likeness (QED) is 0.224. The number of hydrogen-bond acceptors (Lipinski definition) is 5. The monoisotopic (exact) mass is 637 g/mol. The fourth-order valence-corrected chi connectivity index (χ4v) is 6.57. The van der Waals surface area contributed by atoms with Crippen LogP contribution >= 0.6 is 11.6 Å². The minimum absolute atomic E-state index is 0.124. The molecule has 0 saturated carbocycles. The minimum Gasteiger partial charge on any atom is -0.325 e. The van der Waals surface area contributed by atoms with Gasteiger partial charge in [0.15, 0.2) is 0 Å². The van der Waals surface area contributed by atoms with Gasteiger partial charge in [0.1, 0.15) is 6.54 Å². The van der Waals surface area contributed by atoms with Gasteiger partial charge in [-0.3, -0.25) is 13.8 Å². The molecule has 0 aliphatic carbocycles. The van der Waals surface area contributed by atoms with Crippen molar-refractivity contribution in [1.29, 1.82) is 0 Å². The van der Waals surface area contributed by atoms with Crippen LogP contribution in [0.15, 0.2) is 107 Å². The van der Waals surface area contributed by atoms with Crippen molar-refractivity contribution >= 4 is 54.6 Å². The summed E-state index contributed by atoms with van der Waals surface area (Å²) in [6.07, 6.45) is -4.75. The molecule has 4 aromatic carbocycles. The number of nitrogens with zero attached hydrogens (tertiary/aromatic N) is 1. The van der Waals surface area contributed by atoms with Crippen LogP contribution in [0.4, 0.5) is 30.2 Å². The van der Waals surface area contributed by atoms with Gasteiger partial charge in [-0.25, -0.2) is 16.8 Å². The molecule has 0 aromatic heterocycles. The van der Waals surface area contributed by atoms with E-state index in [-0.39, 0.29) is 26.9 Å². The molecule has 8 nitrogen and oxygen atoms in total. The van der Waals surface area contributed by atoms with Gasteiger partial charge in [0, 0.05) is 10.7 Å². The van der Waals surface area contributed by atoms with Gasteiger partial charge in [-0.15, -0.1) is 0 Å². The number of sulfonamides is 2. The molecule has 0 saturated heterocycles. The van der Waals surface area contributed by atoms with Gasteiger partial charge in [-0.2, -0.15) is 13.2 Å². The van der Waals surface area contributed by atoms with Gasteiger partial charge < -0.3 is 5.32 Å². The molecule has 4 aromatic rings. The number of carbonyl (C=O) groups excluding carboxylic acids is 1. The van der Waals surface area contributed by atoms with Crippen LogP contribution < -0.4 is 14.3 Å². The molecular weight excluding hydrogens is 615 g/mol. The summed E-state index contributed by atoms with van der Waals surface area (Å²) in [7, 11) is -8.48. The Kier molecular flexibility index (Phi) is 8.85. The Balaban J connectivity index is 1.57. The van der Waals surface area contributed by atoms with Crippen LogP contribution in [-0.4, -0.2) is 29.3 Å². The lowest BCUT2D eigenvalue weighted by Crippen LogP contribution is -2.38. The highest BCUT2D eigenvalue weighted by atomic mass is 35.5. The summed E-state index contributed by atoms with van der Waals surface area (Å²) >= 11 is 6.06. The van der Waals surface area contributed by atoms with Gasteiger partial charge in [0.2, 0.25) is 5.91 Å². The fraction of sp³-hybridized carbons (Fsp3) is 0.107. The number of amides is 1. The number of halogens is 4. The zero-order valence-electron chi connectivity index (χ0n) is 21.8. The molecule has 220 valence electrons. The van der Waals surface area contributed by atoms with E-state index >= 15 is 0 Å². The molecule has 0 heterocycles. The molecule has 0 aliphatic heterocycles. The molecule has 0 unspecified atom stereocenters. The predicted octanol–water partition coefficient (Wildman–Crippen LogP) is 6.30. The molecule has 2 N–H and O–H groups in total. The SMILES string of the molecule is Cc1c(Cl)cccc1NS(=O)(=O)c1ccc(NC(=O)CN(c2cccc(C(F)(F)F)c2)S(=O)(=O)c2ccccc2)cc1. The largest absolute Gasteiger partial charge is 0.416 e. The van der Waals surface area contributed by atoms with E-state index in [2.05, 4.69) is 10.0 Å². The normalized spacial score (nSPS) is 12.0. The molecule has 0 bridgehead atoms. The topological polar surface area (TPSA) is 113 Å². The summed E-state index contributed by atoms with van der Waals surface area (Å²) in [5.41, 5.74) is -0.518. The third kappa shape index (κ3) is 7.04. The van der Waals surface area contributed by atoms with Crippen molar-refractivity contribution in [3.05, 3.63) is 113 Å². The fourth-order valence-electron chi connectivity index (χ4n) is 3.84. The van der Waals surface area contributed by atoms with Crippen molar-refractivity contribution in [3.8, 4) is 0 Å². The first-order chi connectivity index (χ1) is 19.7. The summed E-state index contributed by atoms with van der Waals surface area (Å²) in [6, 6.07) is 20.4. The number of nitrogens with one attached hydrogen (secondary N) is 2. The molecule has 4 rings (SSSR count). The zero-order valence-corrected chi connectivity index (χ0v) is 24.2. The number of benzene rings is 4. The average molecular weight is 638 g/mol. The maximum Gasteiger partial charge on any atom is 0.416 e. The Morgan fingerprint density at radius 2 is 1.48 bits per heavy atom. The Bertz CT molecular complexity index is 1820. The Morgan fingerprint density at radius 1 is 0.833 bits per heavy atom. The van der Waals surface area contributed by atoms with Crippen LogP contribution in [0.5, 0.6) is 0 Å². The van der Waals surface area contributed by atoms with E-state index in [1.54, 1.807) is 31.2 Å². The Labute approximate surface area is 245 Å². The van der Waals surface area contributed by atoms with Gasteiger partial charge >= 0.3 is 6.18 Å². The Morgan fingerprint density at radius 3 is 2.12 bits per heavy atom. The summed E-state index contributed by atoms with van der Waals surface area (Å²) in [6.45, 7) is 0.785. The second-order valence-corrected chi connectivity index (χ2v) is 12.9. The third-order valence-electron chi connectivity index (χ3n) is 6.04. The molecule has 0 atom stereocenters. The van der Waals surface area contributed by atoms with E-state index in [0.717, 1.165) is 18.2 Å². The standard InChI is InChI=1S/C28H23ClF3N3O5S2/c1-19-25(29)11-6-12-26(19)34-41(37,38)23-15-13-21(14-16-23)33-27(36)18-35(42(39,40)24-9-3-2-4-10-24)22-8-5-7-20(17-22)28(30,31)32/h2-17,34H,18H2,1H3,(H,33,36). The number of hydrogen-bond donors (Lipinski definition) is 2. The number of alkyl halides is 3. The van der Waals surface area contributed by atoms with E-state index in [4.69, 9.17) is 11.6 Å². The van der Waals surface area contributed by atoms with Crippen LogP contribution in [0.25, 0.3) is 0 Å². The highest BCUT2D eigenvalue weighted by molar-refractivity contribution is 7.93. The van der Waals surface area contributed by atoms with Crippen molar-refractivity contribution in [3.63, 3.8) is 0 Å². The molecule has 14 heteroatoms. The van der Waals surface area contributed by atoms with Gasteiger partial charge in [-0.1, -0.05) is 41.9 Å². The summed E-state index contributed by atoms with van der Waals surface area (Å²) in [5, 5.41) is 2.83. The molecule has 0 aliphatic rings. The van der Waals surface area contributed by atoms with Crippen molar-refractivity contribution in [1.82, 2.24) is 0 Å². The third-order valence-corrected chi connectivity index (χ3v) is 9.62. The van der Waals surface area contributed by atoms with E-state index in [1.807, 2.05) is 0 Å². The molecule has 0 fully saturated rings. The molecule has 42 heavy (non-hydrogen) atoms. The minimum atomic E-state index is -4.75. The van der Waals surface area contributed by atoms with E-state index in [0.29, 0.717) is 21.0 Å². The lowest BCUT2D eigenvalue weighted by Gasteiger charge is -2.25. The van der Waals surface area contributed by atoms with E-state index in [9.17, 15) is 34.8 Å². The average Bonchev–Trinajstić information content (AvgIpc) is 2.94. The first-order valence-electron chi connectivity index (χ1n) is 12.1. The molecule has 0 radical (unpaired) electrons. The highest BCUT2D eigenvalue weighted by Gasteiger charge is 2.33. The van der Waals surface area contributed by atoms with Gasteiger partial charge in [0.05, 0.1) is 26.7 Å². The molecular formula is C28H23ClF3N3O5S2. The second-order valence-electron chi connectivity index (χ2n) is 8.96. The van der Waals surface area contributed by atoms with Gasteiger partial charge in [-0.05, 0) is 79.2 Å². The van der Waals surface area contributed by atoms with E-state index in [1.165, 1.54) is 48.5 Å². The van der Waals surface area contributed by atoms with Crippen molar-refractivity contribution in [2.45, 2.75) is 22.9 Å². The second kappa shape index (κ2) is 12.0. The zero-order chi connectivity index (χ0) is 30.7. The lowest BCUT2D eigenvalue weighted by atomic mass is 10.2. The van der Waals surface area contributed by atoms with E-state index < -0.39 is 44.2 Å². The summed E-state index contributed by atoms with van der Waals surface area (Å²) < 4.78 is 95.7. The summed E-state index contributed by atoms with van der Waals surface area (Å²) in [5.74, 6) is -0.879. The van der Waals surface area contributed by atoms with Crippen molar-refractivity contribution < 1.29 is 34.8 Å². The molecule has 1 amide bonds. The molecule has 0 spiro atoms. The van der Waals surface area contributed by atoms with Gasteiger partial charge in [0.25, 0.3) is 20.0 Å². The smallest absolute Gasteiger partial charge is 0.325 e. The van der Waals surface area contributed by atoms with Crippen LogP contribution in [0.2, 0.25) is 5.02 Å². The van der Waals surface area contributed by atoms with Crippen molar-refractivity contribution in [2.24, 2.45) is 0 Å². The maximum absolute atomic E-state index is 13.4. The number of carbonyl (C=O) groups is 1. The predicted molar refractivity (Wildman–Crippen MR) is 154 cm³/mol. The highest BCUT2D eigenvalue weighted by Crippen LogP contribution is 2.33. The van der Waals surface area contributed by atoms with Crippen LogP contribution in [0, 0.1) is 6.92 Å².